The lowest BCUT2D eigenvalue weighted by Gasteiger charge is -2.35. The lowest BCUT2D eigenvalue weighted by Crippen LogP contribution is -2.51. The molecule has 3 heteroatoms. The van der Waals surface area contributed by atoms with Crippen molar-refractivity contribution in [2.75, 3.05) is 61.0 Å². The molecular formula is C30H52N2O+2. The van der Waals surface area contributed by atoms with Crippen molar-refractivity contribution in [3.63, 3.8) is 0 Å². The van der Waals surface area contributed by atoms with Crippen molar-refractivity contribution < 1.29 is 13.7 Å². The van der Waals surface area contributed by atoms with Crippen LogP contribution in [-0.4, -0.2) is 69.9 Å². The molecule has 0 fully saturated rings. The highest BCUT2D eigenvalue weighted by Gasteiger charge is 2.20. The predicted molar refractivity (Wildman–Crippen MR) is 145 cm³/mol. The molecule has 0 aliphatic rings. The van der Waals surface area contributed by atoms with Crippen LogP contribution in [0, 0.1) is 0 Å². The van der Waals surface area contributed by atoms with Gasteiger partial charge in [-0.2, -0.15) is 0 Å². The van der Waals surface area contributed by atoms with Gasteiger partial charge in [0.2, 0.25) is 0 Å². The number of hydrogen-bond acceptors (Lipinski definition) is 1. The van der Waals surface area contributed by atoms with Gasteiger partial charge >= 0.3 is 0 Å². The lowest BCUT2D eigenvalue weighted by atomic mass is 10.1. The quantitative estimate of drug-likeness (QED) is 0.169. The van der Waals surface area contributed by atoms with Gasteiger partial charge in [0.25, 0.3) is 0 Å². The summed E-state index contributed by atoms with van der Waals surface area (Å²) in [5.41, 5.74) is 0. The van der Waals surface area contributed by atoms with Crippen LogP contribution in [-0.2, 0) is 0 Å². The summed E-state index contributed by atoms with van der Waals surface area (Å²) >= 11 is 0. The van der Waals surface area contributed by atoms with Crippen LogP contribution in [0.2, 0.25) is 0 Å². The third kappa shape index (κ3) is 11.9. The first-order chi connectivity index (χ1) is 15.8. The second-order valence-electron chi connectivity index (χ2n) is 11.3. The van der Waals surface area contributed by atoms with Crippen LogP contribution in [0.3, 0.4) is 0 Å². The zero-order valence-electron chi connectivity index (χ0n) is 22.5. The summed E-state index contributed by atoms with van der Waals surface area (Å²) in [6, 6.07) is 14.9. The number of hydrogen-bond donors (Lipinski definition) is 0. The van der Waals surface area contributed by atoms with Gasteiger partial charge in [0, 0.05) is 0 Å². The molecule has 0 saturated heterocycles. The summed E-state index contributed by atoms with van der Waals surface area (Å²) in [5, 5.41) is 2.53. The molecule has 2 rings (SSSR count). The van der Waals surface area contributed by atoms with E-state index in [1.807, 2.05) is 0 Å². The highest BCUT2D eigenvalue weighted by Crippen LogP contribution is 2.21. The average Bonchev–Trinajstić information content (AvgIpc) is 2.81. The molecule has 0 aromatic heterocycles. The van der Waals surface area contributed by atoms with Gasteiger partial charge in [-0.3, -0.25) is 0 Å². The first kappa shape index (κ1) is 27.7. The third-order valence-corrected chi connectivity index (χ3v) is 7.31. The molecule has 0 unspecified atom stereocenters. The van der Waals surface area contributed by atoms with Crippen molar-refractivity contribution in [2.24, 2.45) is 0 Å². The minimum absolute atomic E-state index is 0.835. The molecule has 2 aromatic rings. The maximum Gasteiger partial charge on any atom is 0.128 e. The van der Waals surface area contributed by atoms with Crippen LogP contribution >= 0.6 is 0 Å². The molecule has 186 valence electrons. The molecule has 0 heterocycles. The first-order valence-electron chi connectivity index (χ1n) is 13.6. The second-order valence-corrected chi connectivity index (χ2v) is 11.3. The molecule has 3 nitrogen and oxygen atoms in total. The Morgan fingerprint density at radius 2 is 1.12 bits per heavy atom. The molecule has 0 radical (unpaired) electrons. The Labute approximate surface area is 204 Å². The summed E-state index contributed by atoms with van der Waals surface area (Å²) < 4.78 is 8.27. The van der Waals surface area contributed by atoms with Crippen LogP contribution in [0.5, 0.6) is 5.75 Å². The van der Waals surface area contributed by atoms with Gasteiger partial charge < -0.3 is 13.7 Å². The van der Waals surface area contributed by atoms with E-state index in [-0.39, 0.29) is 0 Å². The first-order valence-corrected chi connectivity index (χ1v) is 13.6. The van der Waals surface area contributed by atoms with Gasteiger partial charge in [-0.25, -0.2) is 0 Å². The normalized spacial score (nSPS) is 12.4. The number of unbranched alkanes of at least 4 members (excludes halogenated alkanes) is 9. The zero-order valence-corrected chi connectivity index (χ0v) is 22.5. The Morgan fingerprint density at radius 1 is 0.576 bits per heavy atom. The molecule has 2 aromatic carbocycles. The van der Waals surface area contributed by atoms with E-state index >= 15 is 0 Å². The van der Waals surface area contributed by atoms with Gasteiger partial charge in [-0.15, -0.1) is 0 Å². The van der Waals surface area contributed by atoms with E-state index in [2.05, 4.69) is 77.6 Å². The van der Waals surface area contributed by atoms with E-state index < -0.39 is 0 Å². The van der Waals surface area contributed by atoms with Crippen LogP contribution in [0.4, 0.5) is 0 Å². The van der Waals surface area contributed by atoms with Crippen LogP contribution in [0.15, 0.2) is 42.5 Å². The Balaban J connectivity index is 1.39. The molecule has 0 aliphatic heterocycles. The number of benzene rings is 2. The fraction of sp³-hybridized carbons (Fsp3) is 0.667. The molecule has 0 saturated carbocycles. The van der Waals surface area contributed by atoms with E-state index in [0.29, 0.717) is 0 Å². The van der Waals surface area contributed by atoms with Crippen molar-refractivity contribution in [1.29, 1.82) is 0 Å². The Kier molecular flexibility index (Phi) is 12.3. The number of fused-ring (bicyclic) bond motifs is 1. The molecular weight excluding hydrogens is 404 g/mol. The van der Waals surface area contributed by atoms with E-state index in [1.54, 1.807) is 0 Å². The largest absolute Gasteiger partial charge is 0.494 e. The van der Waals surface area contributed by atoms with Crippen LogP contribution in [0.25, 0.3) is 10.8 Å². The maximum absolute atomic E-state index is 5.96. The summed E-state index contributed by atoms with van der Waals surface area (Å²) in [4.78, 5) is 0. The molecule has 0 spiro atoms. The second kappa shape index (κ2) is 14.6. The molecule has 0 bridgehead atoms. The summed E-state index contributed by atoms with van der Waals surface area (Å²) in [6.07, 6.45) is 13.6. The van der Waals surface area contributed by atoms with E-state index in [0.717, 1.165) is 23.3 Å². The van der Waals surface area contributed by atoms with Gasteiger partial charge in [0.15, 0.2) is 0 Å². The minimum Gasteiger partial charge on any atom is -0.494 e. The fourth-order valence-corrected chi connectivity index (χ4v) is 4.31. The van der Waals surface area contributed by atoms with Crippen molar-refractivity contribution in [1.82, 2.24) is 0 Å². The number of nitrogens with zero attached hydrogens (tertiary/aromatic N) is 2. The summed E-state index contributed by atoms with van der Waals surface area (Å²) in [5.74, 6) is 1.000. The topological polar surface area (TPSA) is 9.23 Å². The average molecular weight is 457 g/mol. The molecule has 0 aliphatic carbocycles. The lowest BCUT2D eigenvalue weighted by molar-refractivity contribution is -0.945. The third-order valence-electron chi connectivity index (χ3n) is 7.31. The number of quaternary nitrogens is 2. The molecule has 33 heavy (non-hydrogen) atoms. The van der Waals surface area contributed by atoms with Gasteiger partial charge in [-0.05, 0) is 49.1 Å². The zero-order chi connectivity index (χ0) is 24.0. The molecule has 0 atom stereocenters. The summed E-state index contributed by atoms with van der Waals surface area (Å²) in [6.45, 7) is 8.24. The van der Waals surface area contributed by atoms with Crippen molar-refractivity contribution in [3.05, 3.63) is 42.5 Å². The van der Waals surface area contributed by atoms with Gasteiger partial charge in [-0.1, -0.05) is 75.3 Å². The van der Waals surface area contributed by atoms with Crippen molar-refractivity contribution >= 4 is 10.8 Å². The van der Waals surface area contributed by atoms with E-state index in [4.69, 9.17) is 4.74 Å². The highest BCUT2D eigenvalue weighted by atomic mass is 16.5. The predicted octanol–water partition coefficient (Wildman–Crippen LogP) is 7.29. The van der Waals surface area contributed by atoms with E-state index in [1.165, 1.54) is 99.2 Å². The van der Waals surface area contributed by atoms with E-state index in [9.17, 15) is 0 Å². The van der Waals surface area contributed by atoms with Crippen LogP contribution < -0.4 is 4.74 Å². The standard InChI is InChI=1S/C30H52N2O/c1-6-31(2,3)24-25-32(4,5)23-17-13-11-9-7-8-10-12-14-18-26-33-30-22-21-28-19-15-16-20-29(28)27-30/h15-16,19-22,27H,6-14,17-18,23-26H2,1-5H3/q+2. The summed E-state index contributed by atoms with van der Waals surface area (Å²) in [7, 11) is 9.50. The smallest absolute Gasteiger partial charge is 0.128 e. The van der Waals surface area contributed by atoms with Gasteiger partial charge in [0.1, 0.15) is 18.8 Å². The fourth-order valence-electron chi connectivity index (χ4n) is 4.31. The number of likely N-dealkylation sites (N-methyl/N-ethyl adjacent to an activating group) is 2. The Bertz CT molecular complexity index is 784. The highest BCUT2D eigenvalue weighted by molar-refractivity contribution is 5.83. The number of ether oxygens (including phenoxy) is 1. The Morgan fingerprint density at radius 3 is 1.76 bits per heavy atom. The van der Waals surface area contributed by atoms with Crippen LogP contribution in [0.1, 0.15) is 71.1 Å². The van der Waals surface area contributed by atoms with Crippen molar-refractivity contribution in [2.45, 2.75) is 71.1 Å². The van der Waals surface area contributed by atoms with Gasteiger partial charge in [0.05, 0.1) is 47.9 Å². The number of rotatable bonds is 18. The SMILES string of the molecule is CC[N+](C)(C)CC[N+](C)(C)CCCCCCCCCCCCOc1ccc2ccccc2c1. The maximum atomic E-state index is 5.96. The molecule has 0 amide bonds. The molecule has 0 N–H and O–H groups in total. The minimum atomic E-state index is 0.835. The monoisotopic (exact) mass is 456 g/mol. The van der Waals surface area contributed by atoms with Crippen molar-refractivity contribution in [3.8, 4) is 5.75 Å². The Hall–Kier alpha value is -1.58.